The van der Waals surface area contributed by atoms with E-state index in [-0.39, 0.29) is 11.8 Å². The van der Waals surface area contributed by atoms with E-state index in [0.717, 1.165) is 12.0 Å². The molecule has 1 aromatic rings. The number of likely N-dealkylation sites (N-methyl/N-ethyl adjacent to an activating group) is 1. The molecule has 0 bridgehead atoms. The van der Waals surface area contributed by atoms with Gasteiger partial charge in [0, 0.05) is 12.3 Å². The van der Waals surface area contributed by atoms with Gasteiger partial charge < -0.3 is 5.32 Å². The van der Waals surface area contributed by atoms with Gasteiger partial charge in [0.15, 0.2) is 0 Å². The normalized spacial score (nSPS) is 13.7. The highest BCUT2D eigenvalue weighted by Gasteiger charge is 2.13. The first-order valence-corrected chi connectivity index (χ1v) is 6.96. The molecule has 0 aliphatic rings. The van der Waals surface area contributed by atoms with E-state index in [0.29, 0.717) is 0 Å². The lowest BCUT2D eigenvalue weighted by atomic mass is 10.1. The van der Waals surface area contributed by atoms with Crippen molar-refractivity contribution >= 4 is 9.84 Å². The first-order valence-electron chi connectivity index (χ1n) is 4.90. The van der Waals surface area contributed by atoms with Crippen LogP contribution in [-0.4, -0.2) is 33.5 Å². The van der Waals surface area contributed by atoms with Crippen molar-refractivity contribution in [3.8, 4) is 0 Å². The Labute approximate surface area is 91.4 Å². The highest BCUT2D eigenvalue weighted by Crippen LogP contribution is 2.04. The van der Waals surface area contributed by atoms with Crippen LogP contribution in [-0.2, 0) is 16.3 Å². The molecule has 0 spiro atoms. The largest absolute Gasteiger partial charge is 0.316 e. The quantitative estimate of drug-likeness (QED) is 0.811. The molecule has 0 fully saturated rings. The summed E-state index contributed by atoms with van der Waals surface area (Å²) in [5, 5.41) is 3.03. The smallest absolute Gasteiger partial charge is 0.148 e. The molecule has 15 heavy (non-hydrogen) atoms. The highest BCUT2D eigenvalue weighted by molar-refractivity contribution is 7.90. The average molecular weight is 227 g/mol. The number of rotatable bonds is 5. The van der Waals surface area contributed by atoms with Crippen LogP contribution in [0.5, 0.6) is 0 Å². The molecule has 0 amide bonds. The van der Waals surface area contributed by atoms with E-state index < -0.39 is 9.84 Å². The van der Waals surface area contributed by atoms with Crippen LogP contribution >= 0.6 is 0 Å². The Morgan fingerprint density at radius 1 is 1.27 bits per heavy atom. The van der Waals surface area contributed by atoms with Crippen molar-refractivity contribution in [3.63, 3.8) is 0 Å². The van der Waals surface area contributed by atoms with E-state index in [1.54, 1.807) is 7.05 Å². The van der Waals surface area contributed by atoms with Gasteiger partial charge in [-0.25, -0.2) is 8.42 Å². The lowest BCUT2D eigenvalue weighted by Gasteiger charge is -2.14. The van der Waals surface area contributed by atoms with Crippen LogP contribution in [0.15, 0.2) is 30.3 Å². The summed E-state index contributed by atoms with van der Waals surface area (Å²) >= 11 is 0. The third-order valence-corrected chi connectivity index (χ3v) is 3.24. The minimum Gasteiger partial charge on any atom is -0.316 e. The summed E-state index contributed by atoms with van der Waals surface area (Å²) in [6, 6.07) is 9.88. The van der Waals surface area contributed by atoms with Crippen molar-refractivity contribution in [2.24, 2.45) is 0 Å². The molecule has 0 aliphatic heterocycles. The van der Waals surface area contributed by atoms with Crippen LogP contribution in [0.25, 0.3) is 0 Å². The topological polar surface area (TPSA) is 46.2 Å². The Morgan fingerprint density at radius 3 is 2.33 bits per heavy atom. The van der Waals surface area contributed by atoms with E-state index in [9.17, 15) is 8.42 Å². The molecule has 0 heterocycles. The zero-order valence-corrected chi connectivity index (χ0v) is 9.92. The van der Waals surface area contributed by atoms with Crippen molar-refractivity contribution in [1.29, 1.82) is 0 Å². The monoisotopic (exact) mass is 227 g/mol. The Kier molecular flexibility index (Phi) is 4.29. The van der Waals surface area contributed by atoms with Gasteiger partial charge in [-0.05, 0) is 19.0 Å². The second kappa shape index (κ2) is 5.28. The van der Waals surface area contributed by atoms with Crippen LogP contribution in [0, 0.1) is 0 Å². The van der Waals surface area contributed by atoms with Crippen molar-refractivity contribution in [1.82, 2.24) is 5.32 Å². The molecule has 0 saturated carbocycles. The zero-order chi connectivity index (χ0) is 11.3. The lowest BCUT2D eigenvalue weighted by Crippen LogP contribution is -2.34. The first kappa shape index (κ1) is 12.2. The van der Waals surface area contributed by atoms with Gasteiger partial charge >= 0.3 is 0 Å². The van der Waals surface area contributed by atoms with Crippen LogP contribution < -0.4 is 5.32 Å². The number of nitrogens with one attached hydrogen (secondary N) is 1. The molecule has 84 valence electrons. The van der Waals surface area contributed by atoms with Crippen LogP contribution in [0.4, 0.5) is 0 Å². The maximum absolute atomic E-state index is 11.2. The van der Waals surface area contributed by atoms with Gasteiger partial charge in [-0.1, -0.05) is 30.3 Å². The van der Waals surface area contributed by atoms with E-state index in [1.165, 1.54) is 6.26 Å². The molecular weight excluding hydrogens is 210 g/mol. The molecule has 1 unspecified atom stereocenters. The molecule has 0 aliphatic carbocycles. The summed E-state index contributed by atoms with van der Waals surface area (Å²) in [4.78, 5) is 0. The van der Waals surface area contributed by atoms with E-state index >= 15 is 0 Å². The predicted octanol–water partition coefficient (Wildman–Crippen LogP) is 0.862. The summed E-state index contributed by atoms with van der Waals surface area (Å²) in [5.74, 6) is 0.179. The van der Waals surface area contributed by atoms with E-state index in [1.807, 2.05) is 30.3 Å². The zero-order valence-electron chi connectivity index (χ0n) is 9.10. The Morgan fingerprint density at radius 2 is 1.87 bits per heavy atom. The second-order valence-electron chi connectivity index (χ2n) is 3.77. The molecule has 3 nitrogen and oxygen atoms in total. The van der Waals surface area contributed by atoms with E-state index in [4.69, 9.17) is 0 Å². The Balaban J connectivity index is 2.63. The van der Waals surface area contributed by atoms with Gasteiger partial charge in [-0.15, -0.1) is 0 Å². The summed E-state index contributed by atoms with van der Waals surface area (Å²) in [7, 11) is -1.13. The standard InChI is InChI=1S/C11H17NO2S/c1-12-11(9-15(2,13)14)8-10-6-4-3-5-7-10/h3-7,11-12H,8-9H2,1-2H3. The van der Waals surface area contributed by atoms with Crippen molar-refractivity contribution in [2.75, 3.05) is 19.1 Å². The van der Waals surface area contributed by atoms with Crippen molar-refractivity contribution in [3.05, 3.63) is 35.9 Å². The molecule has 0 saturated heterocycles. The van der Waals surface area contributed by atoms with Gasteiger partial charge in [-0.2, -0.15) is 0 Å². The molecule has 1 rings (SSSR count). The second-order valence-corrected chi connectivity index (χ2v) is 5.95. The molecule has 1 atom stereocenters. The number of benzene rings is 1. The first-order chi connectivity index (χ1) is 7.01. The number of hydrogen-bond donors (Lipinski definition) is 1. The summed E-state index contributed by atoms with van der Waals surface area (Å²) in [5.41, 5.74) is 1.15. The van der Waals surface area contributed by atoms with Gasteiger partial charge in [0.25, 0.3) is 0 Å². The maximum atomic E-state index is 11.2. The Bertz CT molecular complexity index is 386. The van der Waals surface area contributed by atoms with Crippen LogP contribution in [0.2, 0.25) is 0 Å². The molecule has 0 aromatic heterocycles. The van der Waals surface area contributed by atoms with Gasteiger partial charge in [0.05, 0.1) is 5.75 Å². The number of sulfone groups is 1. The van der Waals surface area contributed by atoms with Crippen molar-refractivity contribution in [2.45, 2.75) is 12.5 Å². The summed E-state index contributed by atoms with van der Waals surface area (Å²) < 4.78 is 22.3. The van der Waals surface area contributed by atoms with Gasteiger partial charge in [-0.3, -0.25) is 0 Å². The summed E-state index contributed by atoms with van der Waals surface area (Å²) in [6.07, 6.45) is 2.01. The van der Waals surface area contributed by atoms with Gasteiger partial charge in [0.1, 0.15) is 9.84 Å². The van der Waals surface area contributed by atoms with Crippen LogP contribution in [0.3, 0.4) is 0 Å². The summed E-state index contributed by atoms with van der Waals surface area (Å²) in [6.45, 7) is 0. The maximum Gasteiger partial charge on any atom is 0.148 e. The minimum absolute atomic E-state index is 0.0117. The lowest BCUT2D eigenvalue weighted by molar-refractivity contribution is 0.567. The number of hydrogen-bond acceptors (Lipinski definition) is 3. The Hall–Kier alpha value is -0.870. The third-order valence-electron chi connectivity index (χ3n) is 2.24. The molecule has 4 heteroatoms. The van der Waals surface area contributed by atoms with E-state index in [2.05, 4.69) is 5.32 Å². The average Bonchev–Trinajstić information content (AvgIpc) is 2.16. The molecular formula is C11H17NO2S. The van der Waals surface area contributed by atoms with Gasteiger partial charge in [0.2, 0.25) is 0 Å². The van der Waals surface area contributed by atoms with Crippen LogP contribution in [0.1, 0.15) is 5.56 Å². The fourth-order valence-electron chi connectivity index (χ4n) is 1.51. The highest BCUT2D eigenvalue weighted by atomic mass is 32.2. The predicted molar refractivity (Wildman–Crippen MR) is 62.7 cm³/mol. The fourth-order valence-corrected chi connectivity index (χ4v) is 2.52. The minimum atomic E-state index is -2.92. The fraction of sp³-hybridized carbons (Fsp3) is 0.455. The SMILES string of the molecule is CNC(Cc1ccccc1)CS(C)(=O)=O. The van der Waals surface area contributed by atoms with Crippen molar-refractivity contribution < 1.29 is 8.42 Å². The molecule has 0 radical (unpaired) electrons. The molecule has 1 N–H and O–H groups in total. The third kappa shape index (κ3) is 4.95. The molecule has 1 aromatic carbocycles.